The summed E-state index contributed by atoms with van der Waals surface area (Å²) in [5.41, 5.74) is 5.30. The van der Waals surface area contributed by atoms with E-state index in [-0.39, 0.29) is 31.1 Å². The molecule has 28 heavy (non-hydrogen) atoms. The van der Waals surface area contributed by atoms with Gasteiger partial charge in [0.25, 0.3) is 5.56 Å². The highest BCUT2D eigenvalue weighted by molar-refractivity contribution is 6.42. The first-order valence-corrected chi connectivity index (χ1v) is 9.41. The molecule has 0 aliphatic carbocycles. The van der Waals surface area contributed by atoms with Crippen molar-refractivity contribution in [3.8, 4) is 0 Å². The number of nitrogens with two attached hydrogens (primary N) is 1. The molecule has 0 spiro atoms. The van der Waals surface area contributed by atoms with Gasteiger partial charge in [-0.3, -0.25) is 19.1 Å². The summed E-state index contributed by atoms with van der Waals surface area (Å²) in [4.78, 5) is 40.9. The average molecular weight is 429 g/mol. The number of carbonyl (C=O) groups excluding carboxylic acids is 1. The summed E-state index contributed by atoms with van der Waals surface area (Å²) in [6.07, 6.45) is 0.595. The molecule has 0 unspecified atom stereocenters. The van der Waals surface area contributed by atoms with Crippen molar-refractivity contribution in [1.29, 1.82) is 0 Å². The Bertz CT molecular complexity index is 971. The number of amides is 1. The largest absolute Gasteiger partial charge is 0.383 e. The van der Waals surface area contributed by atoms with Crippen LogP contribution in [0.2, 0.25) is 10.0 Å². The van der Waals surface area contributed by atoms with Crippen LogP contribution in [0.4, 0.5) is 11.5 Å². The standard InChI is InChI=1S/C18H22Cl2N4O4/c1-3-6-24-16(21)15(17(26)22-18(24)27)23(7-8-28-2)14(25)10-11-4-5-12(19)13(20)9-11/h4-5,9H,3,6-8,10,21H2,1-2H3,(H,22,26,27). The van der Waals surface area contributed by atoms with E-state index in [1.165, 1.54) is 16.6 Å². The number of aromatic amines is 1. The van der Waals surface area contributed by atoms with Crippen molar-refractivity contribution in [2.45, 2.75) is 26.3 Å². The van der Waals surface area contributed by atoms with E-state index in [1.807, 2.05) is 6.92 Å². The Labute approximate surface area is 171 Å². The van der Waals surface area contributed by atoms with Crippen LogP contribution < -0.4 is 21.9 Å². The predicted molar refractivity (Wildman–Crippen MR) is 110 cm³/mol. The maximum atomic E-state index is 13.0. The number of H-pyrrole nitrogens is 1. The molecule has 1 amide bonds. The molecule has 0 fully saturated rings. The first kappa shape index (κ1) is 22.0. The molecule has 2 aromatic rings. The summed E-state index contributed by atoms with van der Waals surface area (Å²) in [6.45, 7) is 2.45. The Balaban J connectivity index is 2.47. The van der Waals surface area contributed by atoms with Crippen LogP contribution in [-0.4, -0.2) is 35.7 Å². The van der Waals surface area contributed by atoms with Crippen molar-refractivity contribution in [3.05, 3.63) is 54.6 Å². The van der Waals surface area contributed by atoms with E-state index in [0.717, 1.165) is 0 Å². The lowest BCUT2D eigenvalue weighted by Gasteiger charge is -2.24. The van der Waals surface area contributed by atoms with Crippen LogP contribution in [0.15, 0.2) is 27.8 Å². The monoisotopic (exact) mass is 428 g/mol. The zero-order valence-corrected chi connectivity index (χ0v) is 17.1. The van der Waals surface area contributed by atoms with Gasteiger partial charge in [0, 0.05) is 20.2 Å². The van der Waals surface area contributed by atoms with Crippen LogP contribution in [0.5, 0.6) is 0 Å². The Morgan fingerprint density at radius 2 is 2.00 bits per heavy atom. The van der Waals surface area contributed by atoms with Crippen LogP contribution in [0.3, 0.4) is 0 Å². The Kier molecular flexibility index (Phi) is 7.68. The molecular weight excluding hydrogens is 407 g/mol. The van der Waals surface area contributed by atoms with Gasteiger partial charge in [0.15, 0.2) is 5.69 Å². The van der Waals surface area contributed by atoms with Gasteiger partial charge < -0.3 is 15.4 Å². The lowest BCUT2D eigenvalue weighted by Crippen LogP contribution is -2.43. The van der Waals surface area contributed by atoms with Crippen molar-refractivity contribution in [1.82, 2.24) is 9.55 Å². The number of carbonyl (C=O) groups is 1. The number of nitrogens with one attached hydrogen (secondary N) is 1. The average Bonchev–Trinajstić information content (AvgIpc) is 2.64. The summed E-state index contributed by atoms with van der Waals surface area (Å²) in [7, 11) is 1.48. The Morgan fingerprint density at radius 1 is 1.29 bits per heavy atom. The first-order chi connectivity index (χ1) is 13.3. The highest BCUT2D eigenvalue weighted by Gasteiger charge is 2.24. The van der Waals surface area contributed by atoms with Gasteiger partial charge in [0.1, 0.15) is 5.82 Å². The van der Waals surface area contributed by atoms with Gasteiger partial charge in [-0.15, -0.1) is 0 Å². The third-order valence-corrected chi connectivity index (χ3v) is 4.83. The number of nitrogen functional groups attached to an aromatic ring is 1. The van der Waals surface area contributed by atoms with Crippen molar-refractivity contribution >= 4 is 40.6 Å². The smallest absolute Gasteiger partial charge is 0.330 e. The number of ether oxygens (including phenoxy) is 1. The van der Waals surface area contributed by atoms with Gasteiger partial charge in [-0.25, -0.2) is 4.79 Å². The molecule has 2 rings (SSSR count). The molecule has 0 saturated carbocycles. The molecule has 1 aromatic heterocycles. The molecular formula is C18H22Cl2N4O4. The fraction of sp³-hybridized carbons (Fsp3) is 0.389. The summed E-state index contributed by atoms with van der Waals surface area (Å²) >= 11 is 11.9. The molecule has 1 heterocycles. The topological polar surface area (TPSA) is 110 Å². The summed E-state index contributed by atoms with van der Waals surface area (Å²) in [6, 6.07) is 4.85. The van der Waals surface area contributed by atoms with Crippen molar-refractivity contribution in [2.75, 3.05) is 30.9 Å². The number of aromatic nitrogens is 2. The van der Waals surface area contributed by atoms with Crippen molar-refractivity contribution in [2.24, 2.45) is 0 Å². The third-order valence-electron chi connectivity index (χ3n) is 4.09. The van der Waals surface area contributed by atoms with Crippen molar-refractivity contribution in [3.63, 3.8) is 0 Å². The number of methoxy groups -OCH3 is 1. The predicted octanol–water partition coefficient (Wildman–Crippen LogP) is 2.06. The molecule has 10 heteroatoms. The van der Waals surface area contributed by atoms with Crippen LogP contribution >= 0.6 is 23.2 Å². The third kappa shape index (κ3) is 4.95. The van der Waals surface area contributed by atoms with E-state index in [2.05, 4.69) is 4.98 Å². The molecule has 0 aliphatic heterocycles. The van der Waals surface area contributed by atoms with E-state index in [4.69, 9.17) is 33.7 Å². The lowest BCUT2D eigenvalue weighted by molar-refractivity contribution is -0.118. The molecule has 0 atom stereocenters. The zero-order chi connectivity index (χ0) is 20.8. The number of nitrogens with zero attached hydrogens (tertiary/aromatic N) is 2. The first-order valence-electron chi connectivity index (χ1n) is 8.66. The normalized spacial score (nSPS) is 10.9. The maximum Gasteiger partial charge on any atom is 0.330 e. The van der Waals surface area contributed by atoms with Gasteiger partial charge in [-0.05, 0) is 24.1 Å². The van der Waals surface area contributed by atoms with Gasteiger partial charge in [-0.1, -0.05) is 36.2 Å². The van der Waals surface area contributed by atoms with Crippen molar-refractivity contribution < 1.29 is 9.53 Å². The fourth-order valence-electron chi connectivity index (χ4n) is 2.75. The number of rotatable bonds is 8. The van der Waals surface area contributed by atoms with Crippen LogP contribution in [-0.2, 0) is 22.5 Å². The minimum atomic E-state index is -0.728. The van der Waals surface area contributed by atoms with E-state index in [1.54, 1.807) is 18.2 Å². The number of hydrogen-bond acceptors (Lipinski definition) is 5. The van der Waals surface area contributed by atoms with E-state index >= 15 is 0 Å². The SMILES string of the molecule is CCCn1c(N)c(N(CCOC)C(=O)Cc2ccc(Cl)c(Cl)c2)c(=O)[nH]c1=O. The number of benzene rings is 1. The quantitative estimate of drug-likeness (QED) is 0.668. The van der Waals surface area contributed by atoms with Gasteiger partial charge in [0.05, 0.1) is 23.1 Å². The Hall–Kier alpha value is -2.29. The second-order valence-corrected chi connectivity index (χ2v) is 6.92. The number of hydrogen-bond donors (Lipinski definition) is 2. The number of anilines is 2. The summed E-state index contributed by atoms with van der Waals surface area (Å²) in [5, 5.41) is 0.700. The van der Waals surface area contributed by atoms with Crippen LogP contribution in [0.25, 0.3) is 0 Å². The van der Waals surface area contributed by atoms with Gasteiger partial charge in [0.2, 0.25) is 5.91 Å². The summed E-state index contributed by atoms with van der Waals surface area (Å²) < 4.78 is 6.30. The second-order valence-electron chi connectivity index (χ2n) is 6.11. The van der Waals surface area contributed by atoms with Crippen LogP contribution in [0, 0.1) is 0 Å². The molecule has 8 nitrogen and oxygen atoms in total. The molecule has 0 saturated heterocycles. The molecule has 0 radical (unpaired) electrons. The molecule has 152 valence electrons. The van der Waals surface area contributed by atoms with E-state index < -0.39 is 17.2 Å². The molecule has 3 N–H and O–H groups in total. The highest BCUT2D eigenvalue weighted by Crippen LogP contribution is 2.24. The van der Waals surface area contributed by atoms with E-state index in [0.29, 0.717) is 28.6 Å². The van der Waals surface area contributed by atoms with E-state index in [9.17, 15) is 14.4 Å². The molecule has 0 bridgehead atoms. The second kappa shape index (κ2) is 9.77. The zero-order valence-electron chi connectivity index (χ0n) is 15.6. The molecule has 1 aromatic carbocycles. The fourth-order valence-corrected chi connectivity index (χ4v) is 3.07. The minimum Gasteiger partial charge on any atom is -0.383 e. The Morgan fingerprint density at radius 3 is 2.61 bits per heavy atom. The minimum absolute atomic E-state index is 0.0353. The maximum absolute atomic E-state index is 13.0. The lowest BCUT2D eigenvalue weighted by atomic mass is 10.1. The van der Waals surface area contributed by atoms with Gasteiger partial charge >= 0.3 is 5.69 Å². The number of halogens is 2. The van der Waals surface area contributed by atoms with Gasteiger partial charge in [-0.2, -0.15) is 0 Å². The van der Waals surface area contributed by atoms with Crippen LogP contribution in [0.1, 0.15) is 18.9 Å². The summed E-state index contributed by atoms with van der Waals surface area (Å²) in [5.74, 6) is -0.455. The molecule has 0 aliphatic rings. The highest BCUT2D eigenvalue weighted by atomic mass is 35.5.